The van der Waals surface area contributed by atoms with Crippen molar-refractivity contribution in [1.29, 1.82) is 0 Å². The van der Waals surface area contributed by atoms with Crippen molar-refractivity contribution in [3.8, 4) is 0 Å². The Kier molecular flexibility index (Phi) is 4.80. The second kappa shape index (κ2) is 7.60. The minimum Gasteiger partial charge on any atom is -0.410 e. The van der Waals surface area contributed by atoms with Gasteiger partial charge in [0.1, 0.15) is 8.07 Å². The molecular weight excluding hydrogens is 384 g/mol. The molecule has 0 aromatic heterocycles. The first kappa shape index (κ1) is 18.3. The van der Waals surface area contributed by atoms with Crippen LogP contribution in [0.15, 0.2) is 121 Å². The number of hydrogen-bond donors (Lipinski definition) is 0. The summed E-state index contributed by atoms with van der Waals surface area (Å²) in [5.74, 6) is 0. The van der Waals surface area contributed by atoms with Gasteiger partial charge >= 0.3 is 0 Å². The van der Waals surface area contributed by atoms with Crippen LogP contribution >= 0.6 is 0 Å². The molecule has 0 radical (unpaired) electrons. The van der Waals surface area contributed by atoms with Crippen LogP contribution in [-0.2, 0) is 4.43 Å². The van der Waals surface area contributed by atoms with E-state index in [9.17, 15) is 0 Å². The summed E-state index contributed by atoms with van der Waals surface area (Å²) in [6, 6.07) is 44.2. The highest BCUT2D eigenvalue weighted by molar-refractivity contribution is 7.18. The fraction of sp³-hybridized carbons (Fsp3) is 0.0769. The van der Waals surface area contributed by atoms with E-state index in [1.807, 2.05) is 0 Å². The maximum Gasteiger partial charge on any atom is 0.253 e. The topological polar surface area (TPSA) is 9.23 Å². The summed E-state index contributed by atoms with van der Waals surface area (Å²) < 4.78 is 7.04. The fourth-order valence-electron chi connectivity index (χ4n) is 4.78. The Balaban J connectivity index is 1.72. The Labute approximate surface area is 174 Å². The third-order valence-corrected chi connectivity index (χ3v) is 17.6. The van der Waals surface area contributed by atoms with E-state index in [2.05, 4.69) is 121 Å². The lowest BCUT2D eigenvalue weighted by atomic mass is 10.4. The second-order valence-corrected chi connectivity index (χ2v) is 16.0. The van der Waals surface area contributed by atoms with Gasteiger partial charge in [-0.15, -0.1) is 0 Å². The van der Waals surface area contributed by atoms with Crippen molar-refractivity contribution < 1.29 is 4.43 Å². The first-order valence-corrected chi connectivity index (χ1v) is 14.7. The summed E-state index contributed by atoms with van der Waals surface area (Å²) in [5, 5.41) is 5.72. The van der Waals surface area contributed by atoms with Crippen LogP contribution < -0.4 is 20.7 Å². The molecule has 0 aliphatic carbocycles. The van der Waals surface area contributed by atoms with Gasteiger partial charge in [-0.25, -0.2) is 0 Å². The number of hydrogen-bond acceptors (Lipinski definition) is 1. The molecule has 1 aliphatic rings. The smallest absolute Gasteiger partial charge is 0.253 e. The van der Waals surface area contributed by atoms with E-state index >= 15 is 0 Å². The van der Waals surface area contributed by atoms with Gasteiger partial charge in [0.25, 0.3) is 8.32 Å². The van der Waals surface area contributed by atoms with E-state index in [1.54, 1.807) is 0 Å². The van der Waals surface area contributed by atoms with Gasteiger partial charge < -0.3 is 4.43 Å². The molecule has 4 aromatic rings. The zero-order chi connectivity index (χ0) is 19.6. The third-order valence-electron chi connectivity index (χ3n) is 6.25. The lowest BCUT2D eigenvalue weighted by Gasteiger charge is -2.30. The van der Waals surface area contributed by atoms with E-state index < -0.39 is 16.4 Å². The van der Waals surface area contributed by atoms with Crippen LogP contribution in [0.5, 0.6) is 0 Å². The summed E-state index contributed by atoms with van der Waals surface area (Å²) >= 11 is 0. The Bertz CT molecular complexity index is 899. The lowest BCUT2D eigenvalue weighted by molar-refractivity contribution is 0.400. The van der Waals surface area contributed by atoms with Crippen molar-refractivity contribution in [2.75, 3.05) is 6.23 Å². The average molecular weight is 409 g/mol. The van der Waals surface area contributed by atoms with Crippen LogP contribution in [0.1, 0.15) is 0 Å². The predicted octanol–water partition coefficient (Wildman–Crippen LogP) is 3.12. The first-order valence-electron chi connectivity index (χ1n) is 10.2. The maximum absolute atomic E-state index is 7.04. The van der Waals surface area contributed by atoms with Crippen molar-refractivity contribution in [1.82, 2.24) is 0 Å². The summed E-state index contributed by atoms with van der Waals surface area (Å²) in [6.07, 6.45) is 0.844. The predicted molar refractivity (Wildman–Crippen MR) is 127 cm³/mol. The van der Waals surface area contributed by atoms with E-state index in [-0.39, 0.29) is 0 Å². The normalized spacial score (nSPS) is 17.1. The van der Waals surface area contributed by atoms with Crippen LogP contribution in [-0.4, -0.2) is 22.6 Å². The molecule has 0 unspecified atom stereocenters. The second-order valence-electron chi connectivity index (χ2n) is 7.84. The highest BCUT2D eigenvalue weighted by Gasteiger charge is 2.56. The average Bonchev–Trinajstić information content (AvgIpc) is 3.25. The van der Waals surface area contributed by atoms with E-state index in [1.165, 1.54) is 20.7 Å². The van der Waals surface area contributed by atoms with E-state index in [0.29, 0.717) is 0 Å². The molecule has 3 heteroatoms. The van der Waals surface area contributed by atoms with Gasteiger partial charge in [0, 0.05) is 6.23 Å². The van der Waals surface area contributed by atoms with Gasteiger partial charge in [0.15, 0.2) is 0 Å². The monoisotopic (exact) mass is 408 g/mol. The minimum absolute atomic E-state index is 0.844. The minimum atomic E-state index is -2.32. The Morgan fingerprint density at radius 3 is 1.17 bits per heavy atom. The first-order chi connectivity index (χ1) is 14.3. The summed E-state index contributed by atoms with van der Waals surface area (Å²) in [4.78, 5) is 0. The molecule has 1 saturated heterocycles. The highest BCUT2D eigenvalue weighted by Crippen LogP contribution is 2.29. The van der Waals surface area contributed by atoms with Crippen LogP contribution in [0.3, 0.4) is 0 Å². The Morgan fingerprint density at radius 2 is 0.793 bits per heavy atom. The molecule has 0 spiro atoms. The maximum atomic E-state index is 7.04. The van der Waals surface area contributed by atoms with E-state index in [4.69, 9.17) is 4.43 Å². The van der Waals surface area contributed by atoms with Crippen LogP contribution in [0.2, 0.25) is 5.67 Å². The summed E-state index contributed by atoms with van der Waals surface area (Å²) in [7, 11) is -4.37. The fourth-order valence-corrected chi connectivity index (χ4v) is 18.7. The van der Waals surface area contributed by atoms with Crippen molar-refractivity contribution in [3.05, 3.63) is 121 Å². The molecule has 1 nitrogen and oxygen atoms in total. The Morgan fingerprint density at radius 1 is 0.448 bits per heavy atom. The molecule has 4 aromatic carbocycles. The molecule has 0 saturated carbocycles. The van der Waals surface area contributed by atoms with Crippen LogP contribution in [0.4, 0.5) is 0 Å². The molecule has 1 aliphatic heterocycles. The molecule has 0 N–H and O–H groups in total. The molecular formula is C26H24OSi2. The molecule has 1 heterocycles. The quantitative estimate of drug-likeness (QED) is 0.472. The number of rotatable bonds is 4. The molecule has 0 amide bonds. The van der Waals surface area contributed by atoms with Crippen LogP contribution in [0.25, 0.3) is 0 Å². The van der Waals surface area contributed by atoms with Gasteiger partial charge in [-0.1, -0.05) is 132 Å². The third kappa shape index (κ3) is 3.12. The van der Waals surface area contributed by atoms with Crippen molar-refractivity contribution >= 4 is 37.1 Å². The molecule has 142 valence electrons. The van der Waals surface area contributed by atoms with Gasteiger partial charge in [-0.05, 0) is 16.0 Å². The number of benzene rings is 4. The van der Waals surface area contributed by atoms with Gasteiger partial charge in [0.2, 0.25) is 0 Å². The van der Waals surface area contributed by atoms with Crippen molar-refractivity contribution in [3.63, 3.8) is 0 Å². The molecule has 0 bridgehead atoms. The summed E-state index contributed by atoms with van der Waals surface area (Å²) in [5.41, 5.74) is 1.14. The molecule has 29 heavy (non-hydrogen) atoms. The van der Waals surface area contributed by atoms with Crippen LogP contribution in [0, 0.1) is 0 Å². The Hall–Kier alpha value is -2.73. The van der Waals surface area contributed by atoms with Gasteiger partial charge in [-0.3, -0.25) is 0 Å². The largest absolute Gasteiger partial charge is 0.410 e. The van der Waals surface area contributed by atoms with Crippen molar-refractivity contribution in [2.24, 2.45) is 0 Å². The SMILES string of the molecule is c1ccc([Si]2(c3ccccc3)CO[Si](c3ccccc3)(c3ccccc3)C2)cc1. The molecule has 0 atom stereocenters. The zero-order valence-corrected chi connectivity index (χ0v) is 18.4. The standard InChI is InChI=1S/C26H24OSi2/c1-5-13-23(14-6-1)28(24-15-7-2-8-16-24)21-27-29(22-28,25-17-9-3-10-18-25)26-19-11-4-12-20-26/h1-20H,21-22H2. The molecule has 5 rings (SSSR count). The molecule has 1 fully saturated rings. The van der Waals surface area contributed by atoms with Crippen molar-refractivity contribution in [2.45, 2.75) is 5.67 Å². The summed E-state index contributed by atoms with van der Waals surface area (Å²) in [6.45, 7) is 0. The van der Waals surface area contributed by atoms with E-state index in [0.717, 1.165) is 11.9 Å². The lowest BCUT2D eigenvalue weighted by Crippen LogP contribution is -2.64. The highest BCUT2D eigenvalue weighted by atomic mass is 28.4. The van der Waals surface area contributed by atoms with Gasteiger partial charge in [0.05, 0.1) is 0 Å². The zero-order valence-electron chi connectivity index (χ0n) is 16.4. The van der Waals surface area contributed by atoms with Gasteiger partial charge in [-0.2, -0.15) is 0 Å².